The maximum Gasteiger partial charge on any atom is 0.338 e. The van der Waals surface area contributed by atoms with Gasteiger partial charge in [-0.2, -0.15) is 0 Å². The van der Waals surface area contributed by atoms with Crippen molar-refractivity contribution in [3.8, 4) is 0 Å². The van der Waals surface area contributed by atoms with Gasteiger partial charge in [0.25, 0.3) is 0 Å². The maximum absolute atomic E-state index is 13.8. The first-order valence-electron chi connectivity index (χ1n) is 16.7. The highest BCUT2D eigenvalue weighted by molar-refractivity contribution is 5.89. The standard InChI is InChI=1S/C38H52O6/c1-21(2)25-14-17-35(5)26(25)15-19-37(7)29(35)20-28(43-23(4)39)32-36(6)18-16-27(40)22(3)30(36)31(41)33(38(32,37)8)44-34(42)24-12-10-9-11-13-24/h9-13,25-33,40-41H,1,3,14-20H2,2,4-8H3. The highest BCUT2D eigenvalue weighted by Gasteiger charge is 2.77. The van der Waals surface area contributed by atoms with E-state index in [1.807, 2.05) is 18.2 Å². The fraction of sp³-hybridized carbons (Fsp3) is 0.684. The van der Waals surface area contributed by atoms with Gasteiger partial charge < -0.3 is 19.7 Å². The fourth-order valence-corrected chi connectivity index (χ4v) is 12.3. The highest BCUT2D eigenvalue weighted by Crippen LogP contribution is 2.77. The number of allylic oxidation sites excluding steroid dienone is 1. The molecule has 1 aromatic carbocycles. The second-order valence-electron chi connectivity index (χ2n) is 16.1. The molecule has 0 spiro atoms. The van der Waals surface area contributed by atoms with E-state index >= 15 is 0 Å². The zero-order valence-electron chi connectivity index (χ0n) is 27.5. The summed E-state index contributed by atoms with van der Waals surface area (Å²) < 4.78 is 12.9. The van der Waals surface area contributed by atoms with Crippen LogP contribution in [0, 0.1) is 51.2 Å². The molecule has 5 aliphatic carbocycles. The van der Waals surface area contributed by atoms with Gasteiger partial charge in [-0.15, -0.1) is 0 Å². The van der Waals surface area contributed by atoms with Crippen molar-refractivity contribution in [2.45, 2.75) is 111 Å². The molecular formula is C38H52O6. The van der Waals surface area contributed by atoms with Crippen LogP contribution < -0.4 is 0 Å². The number of aliphatic hydroxyl groups is 2. The van der Waals surface area contributed by atoms with Crippen molar-refractivity contribution in [2.75, 3.05) is 0 Å². The van der Waals surface area contributed by atoms with Gasteiger partial charge >= 0.3 is 11.9 Å². The third-order valence-electron chi connectivity index (χ3n) is 14.2. The lowest BCUT2D eigenvalue weighted by Gasteiger charge is -2.74. The molecule has 2 N–H and O–H groups in total. The number of hydrogen-bond acceptors (Lipinski definition) is 6. The number of rotatable bonds is 4. The Morgan fingerprint density at radius 1 is 0.909 bits per heavy atom. The molecule has 0 heterocycles. The predicted molar refractivity (Wildman–Crippen MR) is 169 cm³/mol. The second kappa shape index (κ2) is 10.6. The first kappa shape index (κ1) is 31.5. The summed E-state index contributed by atoms with van der Waals surface area (Å²) in [6.07, 6.45) is 2.96. The average molecular weight is 605 g/mol. The Morgan fingerprint density at radius 3 is 2.20 bits per heavy atom. The van der Waals surface area contributed by atoms with Crippen LogP contribution in [0.25, 0.3) is 0 Å². The lowest BCUT2D eigenvalue weighted by atomic mass is 9.31. The summed E-state index contributed by atoms with van der Waals surface area (Å²) in [7, 11) is 0. The van der Waals surface area contributed by atoms with Gasteiger partial charge in [0.15, 0.2) is 0 Å². The number of benzene rings is 1. The first-order chi connectivity index (χ1) is 20.6. The van der Waals surface area contributed by atoms with Crippen molar-refractivity contribution < 1.29 is 29.3 Å². The number of carbonyl (C=O) groups excluding carboxylic acids is 2. The molecule has 5 saturated carbocycles. The summed E-state index contributed by atoms with van der Waals surface area (Å²) in [4.78, 5) is 26.7. The smallest absolute Gasteiger partial charge is 0.338 e. The molecular weight excluding hydrogens is 552 g/mol. The summed E-state index contributed by atoms with van der Waals surface area (Å²) in [5.74, 6) is -0.376. The van der Waals surface area contributed by atoms with Crippen LogP contribution in [0.3, 0.4) is 0 Å². The van der Waals surface area contributed by atoms with Crippen molar-refractivity contribution >= 4 is 11.9 Å². The van der Waals surface area contributed by atoms with E-state index in [1.54, 1.807) is 12.1 Å². The molecule has 6 heteroatoms. The summed E-state index contributed by atoms with van der Waals surface area (Å²) in [6.45, 7) is 21.5. The minimum absolute atomic E-state index is 0.00789. The fourth-order valence-electron chi connectivity index (χ4n) is 12.3. The number of ether oxygens (including phenoxy) is 2. The SMILES string of the molecule is C=C(C)C1CCC2(C)C1CCC1(C)C2CC(OC(C)=O)C2C3(C)CCC(O)C(=C)C3C(O)C(OC(=O)c3ccccc3)C21C. The van der Waals surface area contributed by atoms with Gasteiger partial charge in [0.1, 0.15) is 12.2 Å². The van der Waals surface area contributed by atoms with Crippen LogP contribution in [-0.2, 0) is 14.3 Å². The molecule has 1 aromatic rings. The minimum atomic E-state index is -1.07. The summed E-state index contributed by atoms with van der Waals surface area (Å²) in [6, 6.07) is 8.95. The Bertz CT molecular complexity index is 1350. The van der Waals surface area contributed by atoms with E-state index in [0.29, 0.717) is 35.8 Å². The molecule has 0 amide bonds. The largest absolute Gasteiger partial charge is 0.462 e. The maximum atomic E-state index is 13.8. The molecule has 5 aliphatic rings. The Labute approximate surface area is 263 Å². The van der Waals surface area contributed by atoms with Crippen molar-refractivity contribution in [1.82, 2.24) is 0 Å². The van der Waals surface area contributed by atoms with Gasteiger partial charge in [0.05, 0.1) is 17.8 Å². The van der Waals surface area contributed by atoms with Crippen LogP contribution in [0.5, 0.6) is 0 Å². The normalized spacial score (nSPS) is 47.8. The summed E-state index contributed by atoms with van der Waals surface area (Å²) in [5.41, 5.74) is 0.671. The Balaban J connectivity index is 1.55. The molecule has 44 heavy (non-hydrogen) atoms. The zero-order chi connectivity index (χ0) is 32.0. The van der Waals surface area contributed by atoms with Crippen molar-refractivity contribution in [3.63, 3.8) is 0 Å². The summed E-state index contributed by atoms with van der Waals surface area (Å²) >= 11 is 0. The monoisotopic (exact) mass is 604 g/mol. The quantitative estimate of drug-likeness (QED) is 0.287. The van der Waals surface area contributed by atoms with E-state index in [2.05, 4.69) is 47.8 Å². The molecule has 0 aromatic heterocycles. The van der Waals surface area contributed by atoms with E-state index in [4.69, 9.17) is 9.47 Å². The van der Waals surface area contributed by atoms with Crippen LogP contribution in [0.1, 0.15) is 96.8 Å². The number of aliphatic hydroxyl groups excluding tert-OH is 2. The van der Waals surface area contributed by atoms with E-state index < -0.39 is 47.1 Å². The summed E-state index contributed by atoms with van der Waals surface area (Å²) in [5, 5.41) is 23.5. The predicted octanol–water partition coefficient (Wildman–Crippen LogP) is 6.90. The van der Waals surface area contributed by atoms with Gasteiger partial charge in [0.2, 0.25) is 0 Å². The van der Waals surface area contributed by atoms with E-state index in [-0.39, 0.29) is 28.6 Å². The van der Waals surface area contributed by atoms with Gasteiger partial charge in [-0.3, -0.25) is 4.79 Å². The highest BCUT2D eigenvalue weighted by atomic mass is 16.6. The van der Waals surface area contributed by atoms with Gasteiger partial charge in [-0.1, -0.05) is 64.6 Å². The lowest BCUT2D eigenvalue weighted by molar-refractivity contribution is -0.315. The van der Waals surface area contributed by atoms with Gasteiger partial charge in [0, 0.05) is 24.2 Å². The Hall–Kier alpha value is -2.44. The molecule has 0 radical (unpaired) electrons. The molecule has 0 bridgehead atoms. The molecule has 6 nitrogen and oxygen atoms in total. The van der Waals surface area contributed by atoms with Crippen molar-refractivity contribution in [2.24, 2.45) is 51.2 Å². The third kappa shape index (κ3) is 4.18. The number of esters is 2. The van der Waals surface area contributed by atoms with Crippen LogP contribution in [0.4, 0.5) is 0 Å². The molecule has 0 aliphatic heterocycles. The molecule has 6 rings (SSSR count). The second-order valence-corrected chi connectivity index (χ2v) is 16.1. The average Bonchev–Trinajstić information content (AvgIpc) is 3.32. The van der Waals surface area contributed by atoms with Crippen molar-refractivity contribution in [1.29, 1.82) is 0 Å². The topological polar surface area (TPSA) is 93.1 Å². The van der Waals surface area contributed by atoms with E-state index in [0.717, 1.165) is 32.1 Å². The van der Waals surface area contributed by atoms with Crippen LogP contribution in [0.2, 0.25) is 0 Å². The molecule has 0 saturated heterocycles. The molecule has 13 atom stereocenters. The Kier molecular flexibility index (Phi) is 7.56. The van der Waals surface area contributed by atoms with Crippen LogP contribution in [-0.4, -0.2) is 46.6 Å². The zero-order valence-corrected chi connectivity index (χ0v) is 27.5. The number of fused-ring (bicyclic) bond motifs is 7. The van der Waals surface area contributed by atoms with E-state index in [9.17, 15) is 19.8 Å². The molecule has 240 valence electrons. The van der Waals surface area contributed by atoms with Gasteiger partial charge in [-0.25, -0.2) is 4.79 Å². The first-order valence-corrected chi connectivity index (χ1v) is 16.7. The number of hydrogen-bond donors (Lipinski definition) is 2. The number of carbonyl (C=O) groups is 2. The minimum Gasteiger partial charge on any atom is -0.462 e. The van der Waals surface area contributed by atoms with Crippen molar-refractivity contribution in [3.05, 3.63) is 60.2 Å². The molecule has 13 unspecified atom stereocenters. The van der Waals surface area contributed by atoms with Crippen LogP contribution in [0.15, 0.2) is 54.6 Å². The molecule has 5 fully saturated rings. The van der Waals surface area contributed by atoms with E-state index in [1.165, 1.54) is 12.5 Å². The lowest BCUT2D eigenvalue weighted by Crippen LogP contribution is -2.76. The van der Waals surface area contributed by atoms with Gasteiger partial charge in [-0.05, 0) is 104 Å². The third-order valence-corrected chi connectivity index (χ3v) is 14.2. The Morgan fingerprint density at radius 2 is 1.57 bits per heavy atom. The van der Waals surface area contributed by atoms with Crippen LogP contribution >= 0.6 is 0 Å².